The molecule has 0 bridgehead atoms. The molecule has 0 N–H and O–H groups in total. The van der Waals surface area contributed by atoms with E-state index in [1.54, 1.807) is 0 Å². The van der Waals surface area contributed by atoms with Crippen LogP contribution in [0.4, 0.5) is 0 Å². The summed E-state index contributed by atoms with van der Waals surface area (Å²) in [4.78, 5) is 7.97. The van der Waals surface area contributed by atoms with E-state index in [4.69, 9.17) is 4.99 Å². The minimum Gasteiger partial charge on any atom is -0.356 e. The smallest absolute Gasteiger partial charge is 0.109 e. The van der Waals surface area contributed by atoms with Crippen LogP contribution in [0.3, 0.4) is 0 Å². The predicted molar refractivity (Wildman–Crippen MR) is 97.1 cm³/mol. The van der Waals surface area contributed by atoms with Gasteiger partial charge < -0.3 is 4.90 Å². The summed E-state index contributed by atoms with van der Waals surface area (Å²) in [6, 6.07) is 12.4. The number of likely N-dealkylation sites (tertiary alicyclic amines) is 1. The summed E-state index contributed by atoms with van der Waals surface area (Å²) >= 11 is 0. The fraction of sp³-hybridized carbons (Fsp3) is 0.667. The third-order valence-corrected chi connectivity index (χ3v) is 6.09. The highest BCUT2D eigenvalue weighted by atomic mass is 15.3. The summed E-state index contributed by atoms with van der Waals surface area (Å²) in [6.07, 6.45) is 13.8. The maximum atomic E-state index is 5.30. The zero-order valence-electron chi connectivity index (χ0n) is 14.3. The van der Waals surface area contributed by atoms with E-state index < -0.39 is 0 Å². The van der Waals surface area contributed by atoms with Crippen molar-refractivity contribution < 1.29 is 0 Å². The Morgan fingerprint density at radius 1 is 0.783 bits per heavy atom. The first-order valence-corrected chi connectivity index (χ1v) is 9.81. The first-order valence-electron chi connectivity index (χ1n) is 9.81. The minimum absolute atomic E-state index is 0.556. The molecule has 1 aliphatic heterocycles. The molecule has 1 saturated heterocycles. The molecule has 2 nitrogen and oxygen atoms in total. The largest absolute Gasteiger partial charge is 0.356 e. The van der Waals surface area contributed by atoms with Crippen molar-refractivity contribution in [1.29, 1.82) is 0 Å². The van der Waals surface area contributed by atoms with Gasteiger partial charge in [-0.1, -0.05) is 68.9 Å². The molecule has 3 aliphatic rings. The topological polar surface area (TPSA) is 15.6 Å². The molecule has 1 aromatic carbocycles. The van der Waals surface area contributed by atoms with E-state index in [0.717, 1.165) is 6.04 Å². The van der Waals surface area contributed by atoms with Gasteiger partial charge >= 0.3 is 0 Å². The fourth-order valence-corrected chi connectivity index (χ4v) is 4.69. The highest BCUT2D eigenvalue weighted by Gasteiger charge is 2.40. The van der Waals surface area contributed by atoms with Crippen LogP contribution >= 0.6 is 0 Å². The van der Waals surface area contributed by atoms with Crippen molar-refractivity contribution in [3.63, 3.8) is 0 Å². The van der Waals surface area contributed by atoms with Crippen LogP contribution in [-0.4, -0.2) is 29.4 Å². The Morgan fingerprint density at radius 3 is 2.13 bits per heavy atom. The third-order valence-electron chi connectivity index (χ3n) is 6.09. The lowest BCUT2D eigenvalue weighted by molar-refractivity contribution is 0.194. The quantitative estimate of drug-likeness (QED) is 0.754. The monoisotopic (exact) mass is 310 g/mol. The second-order valence-electron chi connectivity index (χ2n) is 7.69. The van der Waals surface area contributed by atoms with Gasteiger partial charge in [-0.2, -0.15) is 0 Å². The third kappa shape index (κ3) is 3.32. The van der Waals surface area contributed by atoms with Crippen molar-refractivity contribution in [3.8, 4) is 0 Å². The molecule has 0 unspecified atom stereocenters. The van der Waals surface area contributed by atoms with E-state index >= 15 is 0 Å². The molecule has 0 spiro atoms. The highest BCUT2D eigenvalue weighted by Crippen LogP contribution is 2.37. The molecule has 1 atom stereocenters. The molecule has 23 heavy (non-hydrogen) atoms. The summed E-state index contributed by atoms with van der Waals surface area (Å²) in [5.41, 5.74) is 1.47. The van der Waals surface area contributed by atoms with E-state index in [1.807, 2.05) is 0 Å². The van der Waals surface area contributed by atoms with Crippen LogP contribution in [0, 0.1) is 0 Å². The molecular weight excluding hydrogens is 280 g/mol. The van der Waals surface area contributed by atoms with Gasteiger partial charge in [-0.3, -0.25) is 4.99 Å². The Balaban J connectivity index is 1.54. The molecule has 1 aromatic rings. The number of aliphatic imine (C=N–C) groups is 1. The molecule has 0 aromatic heterocycles. The molecule has 0 radical (unpaired) electrons. The summed E-state index contributed by atoms with van der Waals surface area (Å²) in [7, 11) is 0. The standard InChI is InChI=1S/C21H30N2/c1-4-10-17(11-5-1)20-16-23(19-14-8-3-9-15-19)21(20)22-18-12-6-2-7-13-18/h1,4-5,10-11,18-20H,2-3,6-9,12-16H2/t20-/m1/s1. The molecule has 4 rings (SSSR count). The van der Waals surface area contributed by atoms with Gasteiger partial charge in [0.05, 0.1) is 12.0 Å². The van der Waals surface area contributed by atoms with Gasteiger partial charge in [-0.15, -0.1) is 0 Å². The normalized spacial score (nSPS) is 28.8. The molecule has 2 saturated carbocycles. The summed E-state index contributed by atoms with van der Waals surface area (Å²) < 4.78 is 0. The first-order chi connectivity index (χ1) is 11.4. The average Bonchev–Trinajstić information content (AvgIpc) is 2.62. The number of hydrogen-bond acceptors (Lipinski definition) is 1. The van der Waals surface area contributed by atoms with Gasteiger partial charge in [0.1, 0.15) is 5.84 Å². The van der Waals surface area contributed by atoms with E-state index in [-0.39, 0.29) is 0 Å². The Bertz CT molecular complexity index is 524. The molecule has 3 fully saturated rings. The van der Waals surface area contributed by atoms with Crippen molar-refractivity contribution >= 4 is 5.84 Å². The number of hydrogen-bond donors (Lipinski definition) is 0. The lowest BCUT2D eigenvalue weighted by Gasteiger charge is -2.49. The van der Waals surface area contributed by atoms with Gasteiger partial charge in [0.25, 0.3) is 0 Å². The highest BCUT2D eigenvalue weighted by molar-refractivity contribution is 5.95. The van der Waals surface area contributed by atoms with Gasteiger partial charge in [-0.25, -0.2) is 0 Å². The molecule has 2 heteroatoms. The fourth-order valence-electron chi connectivity index (χ4n) is 4.69. The lowest BCUT2D eigenvalue weighted by atomic mass is 9.84. The van der Waals surface area contributed by atoms with Crippen LogP contribution in [0.2, 0.25) is 0 Å². The zero-order chi connectivity index (χ0) is 15.5. The zero-order valence-corrected chi connectivity index (χ0v) is 14.3. The number of nitrogens with zero attached hydrogens (tertiary/aromatic N) is 2. The van der Waals surface area contributed by atoms with Crippen molar-refractivity contribution in [1.82, 2.24) is 4.90 Å². The van der Waals surface area contributed by atoms with Crippen molar-refractivity contribution in [2.24, 2.45) is 4.99 Å². The van der Waals surface area contributed by atoms with Crippen LogP contribution in [0.1, 0.15) is 75.7 Å². The Kier molecular flexibility index (Phi) is 4.68. The van der Waals surface area contributed by atoms with Crippen molar-refractivity contribution in [3.05, 3.63) is 35.9 Å². The number of rotatable bonds is 3. The van der Waals surface area contributed by atoms with Crippen LogP contribution in [0.15, 0.2) is 35.3 Å². The molecule has 124 valence electrons. The second-order valence-corrected chi connectivity index (χ2v) is 7.69. The van der Waals surface area contributed by atoms with Gasteiger partial charge in [0.15, 0.2) is 0 Å². The Hall–Kier alpha value is -1.31. The van der Waals surface area contributed by atoms with E-state index in [9.17, 15) is 0 Å². The van der Waals surface area contributed by atoms with E-state index in [0.29, 0.717) is 12.0 Å². The van der Waals surface area contributed by atoms with Gasteiger partial charge in [0.2, 0.25) is 0 Å². The van der Waals surface area contributed by atoms with Crippen molar-refractivity contribution in [2.45, 2.75) is 82.2 Å². The van der Waals surface area contributed by atoms with Crippen LogP contribution in [0.5, 0.6) is 0 Å². The summed E-state index contributed by atoms with van der Waals surface area (Å²) in [6.45, 7) is 1.19. The van der Waals surface area contributed by atoms with E-state index in [2.05, 4.69) is 35.2 Å². The van der Waals surface area contributed by atoms with Crippen LogP contribution in [-0.2, 0) is 0 Å². The SMILES string of the molecule is c1ccc([C@H]2CN(C3CCCCC3)C2=NC2CCCCC2)cc1. The molecule has 0 amide bonds. The predicted octanol–water partition coefficient (Wildman–Crippen LogP) is 5.15. The maximum Gasteiger partial charge on any atom is 0.109 e. The second kappa shape index (κ2) is 7.07. The average molecular weight is 310 g/mol. The Labute approximate surface area is 141 Å². The summed E-state index contributed by atoms with van der Waals surface area (Å²) in [5, 5.41) is 0. The van der Waals surface area contributed by atoms with Crippen molar-refractivity contribution in [2.75, 3.05) is 6.54 Å². The van der Waals surface area contributed by atoms with Crippen LogP contribution < -0.4 is 0 Å². The van der Waals surface area contributed by atoms with E-state index in [1.165, 1.54) is 82.2 Å². The van der Waals surface area contributed by atoms with Gasteiger partial charge in [-0.05, 0) is 31.2 Å². The Morgan fingerprint density at radius 2 is 1.43 bits per heavy atom. The first kappa shape index (κ1) is 15.2. The minimum atomic E-state index is 0.556. The molecule has 1 heterocycles. The summed E-state index contributed by atoms with van der Waals surface area (Å²) in [5.74, 6) is 1.98. The molecule has 2 aliphatic carbocycles. The van der Waals surface area contributed by atoms with Gasteiger partial charge in [0, 0.05) is 12.6 Å². The molecular formula is C21H30N2. The lowest BCUT2D eigenvalue weighted by Crippen LogP contribution is -2.56. The number of benzene rings is 1. The van der Waals surface area contributed by atoms with Crippen LogP contribution in [0.25, 0.3) is 0 Å². The number of amidine groups is 1. The maximum absolute atomic E-state index is 5.30.